The molecule has 56 valence electrons. The Morgan fingerprint density at radius 2 is 2.09 bits per heavy atom. The van der Waals surface area contributed by atoms with Gasteiger partial charge in [-0.25, -0.2) is 0 Å². The van der Waals surface area contributed by atoms with E-state index in [9.17, 15) is 0 Å². The van der Waals surface area contributed by atoms with Gasteiger partial charge in [0, 0.05) is 12.0 Å². The molecule has 1 aromatic rings. The predicted molar refractivity (Wildman–Crippen MR) is 42.9 cm³/mol. The van der Waals surface area contributed by atoms with Crippen molar-refractivity contribution in [2.45, 2.75) is 6.42 Å². The lowest BCUT2D eigenvalue weighted by Gasteiger charge is -2.16. The van der Waals surface area contributed by atoms with Gasteiger partial charge in [-0.1, -0.05) is 18.2 Å². The van der Waals surface area contributed by atoms with Crippen LogP contribution in [0.3, 0.4) is 0 Å². The van der Waals surface area contributed by atoms with Crippen molar-refractivity contribution in [3.8, 4) is 0 Å². The lowest BCUT2D eigenvalue weighted by Crippen LogP contribution is -2.16. The fourth-order valence-electron chi connectivity index (χ4n) is 1.30. The number of benzene rings is 1. The summed E-state index contributed by atoms with van der Waals surface area (Å²) in [6.07, 6.45) is 0.929. The van der Waals surface area contributed by atoms with Gasteiger partial charge in [-0.3, -0.25) is 5.41 Å². The van der Waals surface area contributed by atoms with E-state index < -0.39 is 0 Å². The van der Waals surface area contributed by atoms with E-state index in [1.54, 1.807) is 0 Å². The van der Waals surface area contributed by atoms with Gasteiger partial charge in [0.1, 0.15) is 0 Å². The zero-order valence-electron chi connectivity index (χ0n) is 6.13. The standard InChI is InChI=1S/C9H9NO/c10-9-8-4-2-1-3-7(8)5-6-11-9/h1-4,10H,5-6H2. The summed E-state index contributed by atoms with van der Waals surface area (Å²) in [5, 5.41) is 7.45. The third-order valence-corrected chi connectivity index (χ3v) is 1.88. The predicted octanol–water partition coefficient (Wildman–Crippen LogP) is 1.58. The third-order valence-electron chi connectivity index (χ3n) is 1.88. The van der Waals surface area contributed by atoms with Crippen LogP contribution >= 0.6 is 0 Å². The molecule has 1 aromatic carbocycles. The molecule has 0 saturated carbocycles. The molecule has 0 radical (unpaired) electrons. The van der Waals surface area contributed by atoms with Gasteiger partial charge in [0.05, 0.1) is 6.61 Å². The zero-order chi connectivity index (χ0) is 7.68. The van der Waals surface area contributed by atoms with Crippen molar-refractivity contribution >= 4 is 5.90 Å². The lowest BCUT2D eigenvalue weighted by molar-refractivity contribution is 0.297. The summed E-state index contributed by atoms with van der Waals surface area (Å²) >= 11 is 0. The first-order valence-electron chi connectivity index (χ1n) is 3.67. The van der Waals surface area contributed by atoms with Crippen LogP contribution in [0.2, 0.25) is 0 Å². The third kappa shape index (κ3) is 1.00. The smallest absolute Gasteiger partial charge is 0.213 e. The molecular weight excluding hydrogens is 138 g/mol. The maximum Gasteiger partial charge on any atom is 0.213 e. The van der Waals surface area contributed by atoms with Crippen molar-refractivity contribution in [1.82, 2.24) is 0 Å². The number of fused-ring (bicyclic) bond motifs is 1. The summed E-state index contributed by atoms with van der Waals surface area (Å²) in [6, 6.07) is 7.91. The minimum Gasteiger partial charge on any atom is -0.477 e. The number of ether oxygens (including phenoxy) is 1. The Hall–Kier alpha value is -1.31. The summed E-state index contributed by atoms with van der Waals surface area (Å²) in [6.45, 7) is 0.649. The molecule has 2 heteroatoms. The number of nitrogens with one attached hydrogen (secondary N) is 1. The maximum atomic E-state index is 7.45. The van der Waals surface area contributed by atoms with Crippen molar-refractivity contribution < 1.29 is 4.74 Å². The van der Waals surface area contributed by atoms with Crippen molar-refractivity contribution in [3.63, 3.8) is 0 Å². The first kappa shape index (κ1) is 6.40. The average Bonchev–Trinajstić information content (AvgIpc) is 2.06. The van der Waals surface area contributed by atoms with Crippen molar-refractivity contribution in [2.75, 3.05) is 6.61 Å². The molecular formula is C9H9NO. The molecule has 2 rings (SSSR count). The van der Waals surface area contributed by atoms with Crippen LogP contribution in [0.4, 0.5) is 0 Å². The second-order valence-electron chi connectivity index (χ2n) is 2.58. The Labute approximate surface area is 65.3 Å². The van der Waals surface area contributed by atoms with Crippen LogP contribution in [0.5, 0.6) is 0 Å². The minimum absolute atomic E-state index is 0.312. The van der Waals surface area contributed by atoms with E-state index in [4.69, 9.17) is 10.1 Å². The molecule has 1 aliphatic rings. The molecule has 1 heterocycles. The molecule has 11 heavy (non-hydrogen) atoms. The van der Waals surface area contributed by atoms with E-state index in [1.807, 2.05) is 24.3 Å². The highest BCUT2D eigenvalue weighted by molar-refractivity contribution is 5.93. The van der Waals surface area contributed by atoms with E-state index in [-0.39, 0.29) is 0 Å². The summed E-state index contributed by atoms with van der Waals surface area (Å²) in [5.74, 6) is 0.312. The summed E-state index contributed by atoms with van der Waals surface area (Å²) in [5.41, 5.74) is 2.17. The quantitative estimate of drug-likeness (QED) is 0.593. The SMILES string of the molecule is N=C1OCCc2ccccc21. The number of hydrogen-bond acceptors (Lipinski definition) is 2. The Morgan fingerprint density at radius 3 is 2.91 bits per heavy atom. The maximum absolute atomic E-state index is 7.45. The Bertz CT molecular complexity index is 293. The largest absolute Gasteiger partial charge is 0.477 e. The number of rotatable bonds is 0. The van der Waals surface area contributed by atoms with Gasteiger partial charge < -0.3 is 4.74 Å². The molecule has 0 saturated heterocycles. The van der Waals surface area contributed by atoms with Gasteiger partial charge in [-0.2, -0.15) is 0 Å². The van der Waals surface area contributed by atoms with Crippen LogP contribution in [0.1, 0.15) is 11.1 Å². The van der Waals surface area contributed by atoms with Crippen molar-refractivity contribution in [2.24, 2.45) is 0 Å². The Morgan fingerprint density at radius 1 is 1.27 bits per heavy atom. The first-order chi connectivity index (χ1) is 5.38. The van der Waals surface area contributed by atoms with Crippen LogP contribution < -0.4 is 0 Å². The van der Waals surface area contributed by atoms with Gasteiger partial charge in [0.2, 0.25) is 5.90 Å². The monoisotopic (exact) mass is 147 g/mol. The fraction of sp³-hybridized carbons (Fsp3) is 0.222. The average molecular weight is 147 g/mol. The van der Waals surface area contributed by atoms with Crippen LogP contribution in [0, 0.1) is 5.41 Å². The van der Waals surface area contributed by atoms with Crippen molar-refractivity contribution in [3.05, 3.63) is 35.4 Å². The molecule has 0 bridgehead atoms. The first-order valence-corrected chi connectivity index (χ1v) is 3.67. The highest BCUT2D eigenvalue weighted by Gasteiger charge is 2.13. The van der Waals surface area contributed by atoms with Gasteiger partial charge in [0.25, 0.3) is 0 Å². The molecule has 1 N–H and O–H groups in total. The van der Waals surface area contributed by atoms with Gasteiger partial charge in [-0.05, 0) is 11.6 Å². The zero-order valence-corrected chi connectivity index (χ0v) is 6.13. The highest BCUT2D eigenvalue weighted by Crippen LogP contribution is 2.15. The molecule has 1 aliphatic heterocycles. The molecule has 0 aliphatic carbocycles. The molecule has 0 atom stereocenters. The summed E-state index contributed by atoms with van der Waals surface area (Å²) in [4.78, 5) is 0. The summed E-state index contributed by atoms with van der Waals surface area (Å²) < 4.78 is 5.09. The summed E-state index contributed by atoms with van der Waals surface area (Å²) in [7, 11) is 0. The Kier molecular flexibility index (Phi) is 1.39. The topological polar surface area (TPSA) is 33.1 Å². The van der Waals surface area contributed by atoms with Crippen LogP contribution in [0.25, 0.3) is 0 Å². The van der Waals surface area contributed by atoms with E-state index >= 15 is 0 Å². The van der Waals surface area contributed by atoms with Gasteiger partial charge >= 0.3 is 0 Å². The van der Waals surface area contributed by atoms with Crippen LogP contribution in [-0.2, 0) is 11.2 Å². The van der Waals surface area contributed by atoms with Crippen LogP contribution in [-0.4, -0.2) is 12.5 Å². The fourth-order valence-corrected chi connectivity index (χ4v) is 1.30. The minimum atomic E-state index is 0.312. The van der Waals surface area contributed by atoms with Gasteiger partial charge in [0.15, 0.2) is 0 Å². The van der Waals surface area contributed by atoms with E-state index in [0.29, 0.717) is 12.5 Å². The molecule has 0 unspecified atom stereocenters. The van der Waals surface area contributed by atoms with E-state index in [2.05, 4.69) is 0 Å². The van der Waals surface area contributed by atoms with E-state index in [0.717, 1.165) is 12.0 Å². The molecule has 0 spiro atoms. The second kappa shape index (κ2) is 2.38. The Balaban J connectivity index is 2.52. The molecule has 2 nitrogen and oxygen atoms in total. The van der Waals surface area contributed by atoms with Gasteiger partial charge in [-0.15, -0.1) is 0 Å². The van der Waals surface area contributed by atoms with E-state index in [1.165, 1.54) is 5.56 Å². The van der Waals surface area contributed by atoms with Crippen molar-refractivity contribution in [1.29, 1.82) is 5.41 Å². The second-order valence-corrected chi connectivity index (χ2v) is 2.58. The molecule has 0 fully saturated rings. The molecule has 0 amide bonds. The van der Waals surface area contributed by atoms with Crippen LogP contribution in [0.15, 0.2) is 24.3 Å². The molecule has 0 aromatic heterocycles. The highest BCUT2D eigenvalue weighted by atomic mass is 16.5. The lowest BCUT2D eigenvalue weighted by atomic mass is 10.0. The normalized spacial score (nSPS) is 15.5. The number of hydrogen-bond donors (Lipinski definition) is 1.